The van der Waals surface area contributed by atoms with Gasteiger partial charge in [-0.15, -0.1) is 0 Å². The van der Waals surface area contributed by atoms with Crippen LogP contribution < -0.4 is 0 Å². The first kappa shape index (κ1) is 19.9. The summed E-state index contributed by atoms with van der Waals surface area (Å²) in [4.78, 5) is 15.7. The number of hydrogen-bond donors (Lipinski definition) is 1. The average Bonchev–Trinajstić information content (AvgIpc) is 2.62. The van der Waals surface area contributed by atoms with Gasteiger partial charge in [0.05, 0.1) is 12.2 Å². The molecule has 0 atom stereocenters. The summed E-state index contributed by atoms with van der Waals surface area (Å²) in [5, 5.41) is 8.95. The van der Waals surface area contributed by atoms with Crippen LogP contribution in [0.25, 0.3) is 0 Å². The molecule has 1 aliphatic rings. The van der Waals surface area contributed by atoms with Crippen molar-refractivity contribution >= 4 is 5.97 Å². The Kier molecular flexibility index (Phi) is 8.38. The van der Waals surface area contributed by atoms with Crippen LogP contribution in [0.1, 0.15) is 41.6 Å². The maximum Gasteiger partial charge on any atom is 0.335 e. The quantitative estimate of drug-likeness (QED) is 0.704. The van der Waals surface area contributed by atoms with Crippen molar-refractivity contribution in [2.75, 3.05) is 46.9 Å². The molecule has 0 radical (unpaired) electrons. The van der Waals surface area contributed by atoms with Crippen molar-refractivity contribution in [2.45, 2.75) is 32.2 Å². The summed E-state index contributed by atoms with van der Waals surface area (Å²) in [6.07, 6.45) is 5.13. The van der Waals surface area contributed by atoms with Crippen molar-refractivity contribution in [1.29, 1.82) is 0 Å². The molecule has 1 aromatic carbocycles. The van der Waals surface area contributed by atoms with Crippen LogP contribution in [0.2, 0.25) is 0 Å². The van der Waals surface area contributed by atoms with Crippen LogP contribution in [0, 0.1) is 5.92 Å². The number of nitrogens with zero attached hydrogens (tertiary/aromatic N) is 2. The molecule has 0 spiro atoms. The van der Waals surface area contributed by atoms with Gasteiger partial charge in [0.1, 0.15) is 0 Å². The fourth-order valence-electron chi connectivity index (χ4n) is 3.45. The molecule has 2 rings (SSSR count). The predicted octanol–water partition coefficient (Wildman–Crippen LogP) is 2.96. The molecule has 0 amide bonds. The number of carboxylic acids is 1. The zero-order valence-electron chi connectivity index (χ0n) is 15.6. The third-order valence-corrected chi connectivity index (χ3v) is 5.14. The molecule has 1 N–H and O–H groups in total. The highest BCUT2D eigenvalue weighted by Gasteiger charge is 2.19. The van der Waals surface area contributed by atoms with Gasteiger partial charge in [0.25, 0.3) is 0 Å². The molecule has 0 bridgehead atoms. The van der Waals surface area contributed by atoms with Crippen LogP contribution >= 0.6 is 0 Å². The van der Waals surface area contributed by atoms with Crippen molar-refractivity contribution < 1.29 is 14.6 Å². The number of benzene rings is 1. The first-order chi connectivity index (χ1) is 12.1. The summed E-state index contributed by atoms with van der Waals surface area (Å²) in [5.41, 5.74) is 1.56. The molecule has 0 unspecified atom stereocenters. The third kappa shape index (κ3) is 7.14. The molecular formula is C20H32N2O3. The van der Waals surface area contributed by atoms with Gasteiger partial charge in [0.2, 0.25) is 0 Å². The fraction of sp³-hybridized carbons (Fsp3) is 0.650. The van der Waals surface area contributed by atoms with E-state index in [1.54, 1.807) is 19.2 Å². The summed E-state index contributed by atoms with van der Waals surface area (Å²) < 4.78 is 5.11. The molecule has 0 aromatic heterocycles. The van der Waals surface area contributed by atoms with Crippen LogP contribution in [-0.4, -0.2) is 67.8 Å². The van der Waals surface area contributed by atoms with E-state index in [2.05, 4.69) is 16.8 Å². The number of piperidine rings is 1. The Balaban J connectivity index is 1.63. The Bertz CT molecular complexity index is 510. The van der Waals surface area contributed by atoms with E-state index in [4.69, 9.17) is 9.84 Å². The van der Waals surface area contributed by atoms with Crippen LogP contribution in [0.15, 0.2) is 24.3 Å². The average molecular weight is 348 g/mol. The molecule has 1 aliphatic heterocycles. The minimum atomic E-state index is -0.861. The minimum Gasteiger partial charge on any atom is -0.478 e. The first-order valence-electron chi connectivity index (χ1n) is 9.30. The van der Waals surface area contributed by atoms with Crippen LogP contribution in [-0.2, 0) is 11.3 Å². The second-order valence-corrected chi connectivity index (χ2v) is 7.16. The fourth-order valence-corrected chi connectivity index (χ4v) is 3.45. The molecule has 25 heavy (non-hydrogen) atoms. The van der Waals surface area contributed by atoms with E-state index in [9.17, 15) is 4.79 Å². The Hall–Kier alpha value is -1.43. The summed E-state index contributed by atoms with van der Waals surface area (Å²) in [5.74, 6) is -0.0123. The highest BCUT2D eigenvalue weighted by atomic mass is 16.5. The Morgan fingerprint density at radius 3 is 2.52 bits per heavy atom. The number of likely N-dealkylation sites (tertiary alicyclic amines) is 1. The maximum atomic E-state index is 10.9. The molecule has 5 heteroatoms. The zero-order chi connectivity index (χ0) is 18.1. The largest absolute Gasteiger partial charge is 0.478 e. The number of likely N-dealkylation sites (N-methyl/N-ethyl adjacent to an activating group) is 1. The lowest BCUT2D eigenvalue weighted by molar-refractivity contribution is 0.0697. The van der Waals surface area contributed by atoms with Crippen molar-refractivity contribution in [2.24, 2.45) is 5.92 Å². The van der Waals surface area contributed by atoms with Gasteiger partial charge in [0.15, 0.2) is 0 Å². The van der Waals surface area contributed by atoms with Crippen molar-refractivity contribution in [1.82, 2.24) is 9.80 Å². The van der Waals surface area contributed by atoms with Gasteiger partial charge in [-0.1, -0.05) is 12.1 Å². The molecule has 1 saturated heterocycles. The number of methoxy groups -OCH3 is 1. The Morgan fingerprint density at radius 2 is 1.92 bits per heavy atom. The topological polar surface area (TPSA) is 53.0 Å². The van der Waals surface area contributed by atoms with E-state index in [0.717, 1.165) is 45.2 Å². The number of aromatic carboxylic acids is 1. The molecule has 1 aromatic rings. The highest BCUT2D eigenvalue weighted by molar-refractivity contribution is 5.87. The molecule has 5 nitrogen and oxygen atoms in total. The molecule has 0 aliphatic carbocycles. The van der Waals surface area contributed by atoms with Gasteiger partial charge in [-0.3, -0.25) is 4.90 Å². The van der Waals surface area contributed by atoms with E-state index >= 15 is 0 Å². The van der Waals surface area contributed by atoms with E-state index in [1.807, 2.05) is 12.1 Å². The second kappa shape index (κ2) is 10.5. The van der Waals surface area contributed by atoms with Crippen molar-refractivity contribution in [3.63, 3.8) is 0 Å². The molecule has 0 saturated carbocycles. The smallest absolute Gasteiger partial charge is 0.335 e. The van der Waals surface area contributed by atoms with Crippen LogP contribution in [0.4, 0.5) is 0 Å². The van der Waals surface area contributed by atoms with Gasteiger partial charge < -0.3 is 14.7 Å². The van der Waals surface area contributed by atoms with E-state index in [1.165, 1.54) is 31.2 Å². The van der Waals surface area contributed by atoms with E-state index in [0.29, 0.717) is 5.56 Å². The summed E-state index contributed by atoms with van der Waals surface area (Å²) >= 11 is 0. The maximum absolute atomic E-state index is 10.9. The number of rotatable bonds is 10. The zero-order valence-corrected chi connectivity index (χ0v) is 15.6. The number of carbonyl (C=O) groups is 1. The number of carboxylic acid groups (broad SMARTS) is 1. The number of hydrogen-bond acceptors (Lipinski definition) is 4. The van der Waals surface area contributed by atoms with Crippen molar-refractivity contribution in [3.05, 3.63) is 35.4 Å². The lowest BCUT2D eigenvalue weighted by atomic mass is 9.92. The van der Waals surface area contributed by atoms with Crippen molar-refractivity contribution in [3.8, 4) is 0 Å². The predicted molar refractivity (Wildman–Crippen MR) is 100 cm³/mol. The van der Waals surface area contributed by atoms with Gasteiger partial charge in [-0.05, 0) is 76.0 Å². The second-order valence-electron chi connectivity index (χ2n) is 7.16. The lowest BCUT2D eigenvalue weighted by Gasteiger charge is -2.32. The van der Waals surface area contributed by atoms with Gasteiger partial charge in [-0.2, -0.15) is 0 Å². The summed E-state index contributed by atoms with van der Waals surface area (Å²) in [6.45, 7) is 6.18. The summed E-state index contributed by atoms with van der Waals surface area (Å²) in [6, 6.07) is 7.27. The van der Waals surface area contributed by atoms with Gasteiger partial charge >= 0.3 is 5.97 Å². The van der Waals surface area contributed by atoms with Gasteiger partial charge in [-0.25, -0.2) is 4.79 Å². The minimum absolute atomic E-state index is 0.359. The van der Waals surface area contributed by atoms with Crippen LogP contribution in [0.5, 0.6) is 0 Å². The standard InChI is InChI=1S/C20H32N2O3/c1-21(14-15-25-2)11-3-4-17-9-12-22(13-10-17)16-18-5-7-19(8-6-18)20(23)24/h5-8,17H,3-4,9-16H2,1-2H3,(H,23,24). The van der Waals surface area contributed by atoms with Gasteiger partial charge in [0, 0.05) is 20.2 Å². The van der Waals surface area contributed by atoms with E-state index < -0.39 is 5.97 Å². The molecule has 1 fully saturated rings. The Labute approximate surface area is 151 Å². The first-order valence-corrected chi connectivity index (χ1v) is 9.30. The molecule has 1 heterocycles. The number of ether oxygens (including phenoxy) is 1. The molecular weight excluding hydrogens is 316 g/mol. The summed E-state index contributed by atoms with van der Waals surface area (Å²) in [7, 11) is 3.92. The normalized spacial score (nSPS) is 16.4. The highest BCUT2D eigenvalue weighted by Crippen LogP contribution is 2.23. The Morgan fingerprint density at radius 1 is 1.24 bits per heavy atom. The monoisotopic (exact) mass is 348 g/mol. The van der Waals surface area contributed by atoms with E-state index in [-0.39, 0.29) is 0 Å². The lowest BCUT2D eigenvalue weighted by Crippen LogP contribution is -2.33. The SMILES string of the molecule is COCCN(C)CCCC1CCN(Cc2ccc(C(=O)O)cc2)CC1. The van der Waals surface area contributed by atoms with Crippen LogP contribution in [0.3, 0.4) is 0 Å². The molecule has 140 valence electrons. The third-order valence-electron chi connectivity index (χ3n) is 5.14.